The van der Waals surface area contributed by atoms with Crippen molar-refractivity contribution in [3.63, 3.8) is 0 Å². The van der Waals surface area contributed by atoms with Gasteiger partial charge >= 0.3 is 0 Å². The number of hydrogen-bond acceptors (Lipinski definition) is 4. The third kappa shape index (κ3) is 3.73. The minimum atomic E-state index is -4.13. The molecule has 0 atom stereocenters. The number of ether oxygens (including phenoxy) is 2. The Morgan fingerprint density at radius 1 is 1.04 bits per heavy atom. The molecule has 0 amide bonds. The minimum Gasteiger partial charge on any atom is -0.493 e. The van der Waals surface area contributed by atoms with Crippen LogP contribution in [0, 0.1) is 11.6 Å². The fraction of sp³-hybridized carbons (Fsp3) is 0.143. The zero-order valence-corrected chi connectivity index (χ0v) is 14.5. The van der Waals surface area contributed by atoms with Crippen LogP contribution < -0.4 is 14.2 Å². The summed E-state index contributed by atoms with van der Waals surface area (Å²) in [7, 11) is -1.37. The molecule has 0 saturated carbocycles. The molecule has 9 heteroatoms. The second-order valence-electron chi connectivity index (χ2n) is 4.37. The second-order valence-corrected chi connectivity index (χ2v) is 6.87. The van der Waals surface area contributed by atoms with Crippen LogP contribution in [0.4, 0.5) is 14.5 Å². The first-order valence-corrected chi connectivity index (χ1v) is 8.45. The van der Waals surface area contributed by atoms with Gasteiger partial charge in [-0.05, 0) is 34.1 Å². The van der Waals surface area contributed by atoms with Crippen molar-refractivity contribution in [1.29, 1.82) is 0 Å². The molecule has 0 fully saturated rings. The number of nitrogens with one attached hydrogen (secondary N) is 1. The average molecular weight is 408 g/mol. The predicted octanol–water partition coefficient (Wildman–Crippen LogP) is 3.55. The molecule has 0 bridgehead atoms. The Balaban J connectivity index is 2.47. The topological polar surface area (TPSA) is 64.6 Å². The quantitative estimate of drug-likeness (QED) is 0.822. The van der Waals surface area contributed by atoms with Crippen molar-refractivity contribution in [1.82, 2.24) is 0 Å². The van der Waals surface area contributed by atoms with E-state index in [2.05, 4.69) is 20.7 Å². The summed E-state index contributed by atoms with van der Waals surface area (Å²) < 4.78 is 63.8. The summed E-state index contributed by atoms with van der Waals surface area (Å²) >= 11 is 3.12. The van der Waals surface area contributed by atoms with Gasteiger partial charge in [0, 0.05) is 16.6 Å². The smallest absolute Gasteiger partial charge is 0.263 e. The van der Waals surface area contributed by atoms with Gasteiger partial charge in [-0.2, -0.15) is 0 Å². The molecular weight excluding hydrogens is 396 g/mol. The second kappa shape index (κ2) is 6.71. The Bertz CT molecular complexity index is 843. The highest BCUT2D eigenvalue weighted by molar-refractivity contribution is 9.10. The van der Waals surface area contributed by atoms with Crippen LogP contribution >= 0.6 is 15.9 Å². The lowest BCUT2D eigenvalue weighted by Crippen LogP contribution is -2.15. The van der Waals surface area contributed by atoms with Gasteiger partial charge in [0.25, 0.3) is 10.0 Å². The van der Waals surface area contributed by atoms with Gasteiger partial charge in [0.1, 0.15) is 16.5 Å². The highest BCUT2D eigenvalue weighted by atomic mass is 79.9. The zero-order chi connectivity index (χ0) is 17.2. The van der Waals surface area contributed by atoms with Crippen LogP contribution in [0.3, 0.4) is 0 Å². The van der Waals surface area contributed by atoms with Crippen LogP contribution in [0.1, 0.15) is 0 Å². The van der Waals surface area contributed by atoms with E-state index in [9.17, 15) is 17.2 Å². The normalized spacial score (nSPS) is 11.2. The van der Waals surface area contributed by atoms with Gasteiger partial charge in [-0.25, -0.2) is 17.2 Å². The van der Waals surface area contributed by atoms with Crippen LogP contribution in [-0.2, 0) is 10.0 Å². The van der Waals surface area contributed by atoms with Gasteiger partial charge in [-0.15, -0.1) is 0 Å². The lowest BCUT2D eigenvalue weighted by Gasteiger charge is -2.14. The van der Waals surface area contributed by atoms with Gasteiger partial charge < -0.3 is 9.47 Å². The molecule has 0 radical (unpaired) electrons. The molecule has 0 aliphatic heterocycles. The number of benzene rings is 2. The van der Waals surface area contributed by atoms with E-state index in [0.717, 1.165) is 12.1 Å². The minimum absolute atomic E-state index is 0.182. The lowest BCUT2D eigenvalue weighted by atomic mass is 10.3. The highest BCUT2D eigenvalue weighted by Crippen LogP contribution is 2.36. The van der Waals surface area contributed by atoms with Crippen molar-refractivity contribution in [2.75, 3.05) is 18.9 Å². The van der Waals surface area contributed by atoms with Crippen molar-refractivity contribution < 1.29 is 26.7 Å². The Kier molecular flexibility index (Phi) is 5.10. The first kappa shape index (κ1) is 17.5. The van der Waals surface area contributed by atoms with Gasteiger partial charge in [0.15, 0.2) is 11.5 Å². The van der Waals surface area contributed by atoms with Crippen LogP contribution in [0.2, 0.25) is 0 Å². The highest BCUT2D eigenvalue weighted by Gasteiger charge is 2.22. The third-order valence-electron chi connectivity index (χ3n) is 2.90. The maximum absolute atomic E-state index is 13.6. The van der Waals surface area contributed by atoms with E-state index in [1.54, 1.807) is 0 Å². The van der Waals surface area contributed by atoms with Crippen molar-refractivity contribution >= 4 is 31.6 Å². The number of hydrogen-bond donors (Lipinski definition) is 1. The molecule has 1 N–H and O–H groups in total. The number of rotatable bonds is 5. The summed E-state index contributed by atoms with van der Waals surface area (Å²) in [5.74, 6) is -1.31. The molecular formula is C14H12BrF2NO4S. The number of methoxy groups -OCH3 is 2. The molecule has 5 nitrogen and oxygen atoms in total. The molecule has 0 aliphatic carbocycles. The summed E-state index contributed by atoms with van der Waals surface area (Å²) in [6.45, 7) is 0. The van der Waals surface area contributed by atoms with Crippen molar-refractivity contribution in [2.24, 2.45) is 0 Å². The third-order valence-corrected chi connectivity index (χ3v) is 5.23. The van der Waals surface area contributed by atoms with E-state index in [1.807, 2.05) is 0 Å². The fourth-order valence-corrected chi connectivity index (χ4v) is 3.92. The molecule has 0 spiro atoms. The van der Waals surface area contributed by atoms with Gasteiger partial charge in [-0.3, -0.25) is 4.72 Å². The van der Waals surface area contributed by atoms with Crippen molar-refractivity contribution in [2.45, 2.75) is 4.90 Å². The van der Waals surface area contributed by atoms with Crippen LogP contribution in [0.5, 0.6) is 11.5 Å². The maximum atomic E-state index is 13.6. The number of halogens is 3. The van der Waals surface area contributed by atoms with Crippen molar-refractivity contribution in [3.8, 4) is 11.5 Å². The molecule has 0 unspecified atom stereocenters. The first-order chi connectivity index (χ1) is 10.8. The lowest BCUT2D eigenvalue weighted by molar-refractivity contribution is 0.353. The molecule has 0 aliphatic rings. The standard InChI is InChI=1S/C14H12BrF2NO4S/c1-21-12-6-9(15)14(7-13(12)22-2)23(19,20)18-11-4-3-8(16)5-10(11)17/h3-7,18H,1-2H3. The monoisotopic (exact) mass is 407 g/mol. The van der Waals surface area contributed by atoms with E-state index >= 15 is 0 Å². The molecule has 124 valence electrons. The fourth-order valence-electron chi connectivity index (χ4n) is 1.81. The molecule has 2 aromatic rings. The summed E-state index contributed by atoms with van der Waals surface area (Å²) in [4.78, 5) is -0.182. The molecule has 2 aromatic carbocycles. The molecule has 0 aromatic heterocycles. The van der Waals surface area contributed by atoms with E-state index in [-0.39, 0.29) is 20.8 Å². The van der Waals surface area contributed by atoms with Gasteiger partial charge in [-0.1, -0.05) is 0 Å². The van der Waals surface area contributed by atoms with Gasteiger partial charge in [0.2, 0.25) is 0 Å². The van der Waals surface area contributed by atoms with Crippen molar-refractivity contribution in [3.05, 3.63) is 46.4 Å². The first-order valence-electron chi connectivity index (χ1n) is 6.18. The Labute approximate surface area is 140 Å². The Morgan fingerprint density at radius 2 is 1.65 bits per heavy atom. The zero-order valence-electron chi connectivity index (χ0n) is 12.1. The van der Waals surface area contributed by atoms with E-state index in [1.165, 1.54) is 26.4 Å². The molecule has 0 saturated heterocycles. The Morgan fingerprint density at radius 3 is 2.22 bits per heavy atom. The van der Waals surface area contributed by atoms with E-state index in [0.29, 0.717) is 11.8 Å². The van der Waals surface area contributed by atoms with Gasteiger partial charge in [0.05, 0.1) is 19.9 Å². The van der Waals surface area contributed by atoms with Crippen LogP contribution in [-0.4, -0.2) is 22.6 Å². The van der Waals surface area contributed by atoms with Crippen LogP contribution in [0.25, 0.3) is 0 Å². The van der Waals surface area contributed by atoms with Crippen LogP contribution in [0.15, 0.2) is 39.7 Å². The molecule has 2 rings (SSSR count). The molecule has 0 heterocycles. The number of sulfonamides is 1. The maximum Gasteiger partial charge on any atom is 0.263 e. The summed E-state index contributed by atoms with van der Waals surface area (Å²) in [5.41, 5.74) is -0.368. The summed E-state index contributed by atoms with van der Waals surface area (Å²) in [6.07, 6.45) is 0. The van der Waals surface area contributed by atoms with E-state index < -0.39 is 21.7 Å². The average Bonchev–Trinajstić information content (AvgIpc) is 2.49. The SMILES string of the molecule is COc1cc(Br)c(S(=O)(=O)Nc2ccc(F)cc2F)cc1OC. The largest absolute Gasteiger partial charge is 0.493 e. The Hall–Kier alpha value is -1.87. The summed E-state index contributed by atoms with van der Waals surface area (Å²) in [5, 5.41) is 0. The summed E-state index contributed by atoms with van der Waals surface area (Å²) in [6, 6.07) is 5.17. The number of anilines is 1. The van der Waals surface area contributed by atoms with E-state index in [4.69, 9.17) is 9.47 Å². The predicted molar refractivity (Wildman–Crippen MR) is 84.4 cm³/mol. The molecule has 23 heavy (non-hydrogen) atoms.